The van der Waals surface area contributed by atoms with Crippen LogP contribution in [0.5, 0.6) is 0 Å². The van der Waals surface area contributed by atoms with Crippen molar-refractivity contribution >= 4 is 43.6 Å². The van der Waals surface area contributed by atoms with Gasteiger partial charge in [-0.05, 0) is 53.6 Å². The molecule has 0 spiro atoms. The number of hydrogen-bond donors (Lipinski definition) is 0. The van der Waals surface area contributed by atoms with E-state index in [0.717, 1.165) is 49.7 Å². The molecule has 3 heterocycles. The first kappa shape index (κ1) is 28.2. The molecule has 50 heavy (non-hydrogen) atoms. The van der Waals surface area contributed by atoms with Gasteiger partial charge in [0.05, 0.1) is 22.1 Å². The quantitative estimate of drug-likeness (QED) is 0.188. The van der Waals surface area contributed by atoms with Gasteiger partial charge in [0.1, 0.15) is 0 Å². The first-order chi connectivity index (χ1) is 24.8. The summed E-state index contributed by atoms with van der Waals surface area (Å²) >= 11 is 0. The SMILES string of the molecule is c1ccc(-c2ccc3c(c2)c2ccccc2n3-c2nc(-c3ccccc3)nc(-c3ccc4c5ccccc5n(-c5ccccc5)c4c3)n2)cc1. The largest absolute Gasteiger partial charge is 0.309 e. The monoisotopic (exact) mass is 639 g/mol. The van der Waals surface area contributed by atoms with Crippen molar-refractivity contribution in [2.24, 2.45) is 0 Å². The summed E-state index contributed by atoms with van der Waals surface area (Å²) in [7, 11) is 0. The van der Waals surface area contributed by atoms with Gasteiger partial charge >= 0.3 is 0 Å². The van der Waals surface area contributed by atoms with Gasteiger partial charge in [-0.2, -0.15) is 9.97 Å². The summed E-state index contributed by atoms with van der Waals surface area (Å²) in [5.74, 6) is 1.82. The van der Waals surface area contributed by atoms with Gasteiger partial charge in [0.25, 0.3) is 0 Å². The van der Waals surface area contributed by atoms with E-state index in [2.05, 4.69) is 167 Å². The van der Waals surface area contributed by atoms with Crippen LogP contribution in [0, 0.1) is 0 Å². The molecule has 0 saturated heterocycles. The zero-order chi connectivity index (χ0) is 33.0. The molecule has 0 radical (unpaired) electrons. The third-order valence-electron chi connectivity index (χ3n) is 9.58. The summed E-state index contributed by atoms with van der Waals surface area (Å²) in [5, 5.41) is 4.69. The van der Waals surface area contributed by atoms with E-state index in [-0.39, 0.29) is 0 Å². The molecule has 3 aromatic heterocycles. The Balaban J connectivity index is 1.23. The summed E-state index contributed by atoms with van der Waals surface area (Å²) in [4.78, 5) is 15.5. The summed E-state index contributed by atoms with van der Waals surface area (Å²) < 4.78 is 4.50. The molecule has 10 aromatic rings. The fourth-order valence-corrected chi connectivity index (χ4v) is 7.27. The van der Waals surface area contributed by atoms with Crippen molar-refractivity contribution < 1.29 is 0 Å². The van der Waals surface area contributed by atoms with E-state index < -0.39 is 0 Å². The second-order valence-electron chi connectivity index (χ2n) is 12.5. The van der Waals surface area contributed by atoms with Crippen molar-refractivity contribution in [3.8, 4) is 45.5 Å². The summed E-state index contributed by atoms with van der Waals surface area (Å²) in [6.07, 6.45) is 0. The molecule has 0 aliphatic carbocycles. The molecular formula is C45H29N5. The lowest BCUT2D eigenvalue weighted by Gasteiger charge is -2.12. The number of para-hydroxylation sites is 3. The Hall–Kier alpha value is -6.85. The van der Waals surface area contributed by atoms with Gasteiger partial charge in [0.15, 0.2) is 11.6 Å². The van der Waals surface area contributed by atoms with E-state index in [1.54, 1.807) is 0 Å². The van der Waals surface area contributed by atoms with Crippen molar-refractivity contribution in [3.05, 3.63) is 176 Å². The zero-order valence-electron chi connectivity index (χ0n) is 27.0. The second-order valence-corrected chi connectivity index (χ2v) is 12.5. The number of hydrogen-bond acceptors (Lipinski definition) is 3. The molecule has 234 valence electrons. The standard InChI is InChI=1S/C45H29N5/c1-4-14-30(15-5-1)32-25-27-41-38(28-32)36-21-11-13-23-40(36)50(41)45-47-43(31-16-6-2-7-17-31)46-44(48-45)33-24-26-37-35-20-10-12-22-39(35)49(42(37)29-33)34-18-8-3-9-19-34/h1-29H. The third kappa shape index (κ3) is 4.52. The predicted octanol–water partition coefficient (Wildman–Crippen LogP) is 11.1. The smallest absolute Gasteiger partial charge is 0.238 e. The Kier molecular flexibility index (Phi) is 6.42. The maximum Gasteiger partial charge on any atom is 0.238 e. The first-order valence-electron chi connectivity index (χ1n) is 16.8. The lowest BCUT2D eigenvalue weighted by atomic mass is 10.0. The minimum absolute atomic E-state index is 0.580. The highest BCUT2D eigenvalue weighted by molar-refractivity contribution is 6.11. The molecule has 0 saturated carbocycles. The number of benzene rings is 7. The highest BCUT2D eigenvalue weighted by atomic mass is 15.2. The maximum absolute atomic E-state index is 5.25. The Morgan fingerprint density at radius 1 is 0.300 bits per heavy atom. The average Bonchev–Trinajstić information content (AvgIpc) is 3.71. The van der Waals surface area contributed by atoms with Gasteiger partial charge in [-0.15, -0.1) is 0 Å². The van der Waals surface area contributed by atoms with Crippen molar-refractivity contribution in [3.63, 3.8) is 0 Å². The van der Waals surface area contributed by atoms with Crippen LogP contribution in [0.15, 0.2) is 176 Å². The van der Waals surface area contributed by atoms with Crippen LogP contribution >= 0.6 is 0 Å². The highest BCUT2D eigenvalue weighted by Gasteiger charge is 2.19. The molecule has 0 atom stereocenters. The van der Waals surface area contributed by atoms with E-state index in [1.807, 2.05) is 18.2 Å². The van der Waals surface area contributed by atoms with Gasteiger partial charge in [-0.25, -0.2) is 4.98 Å². The Bertz CT molecular complexity index is 2850. The molecule has 5 nitrogen and oxygen atoms in total. The van der Waals surface area contributed by atoms with Crippen molar-refractivity contribution in [1.29, 1.82) is 0 Å². The Labute approximate surface area is 288 Å². The predicted molar refractivity (Wildman–Crippen MR) is 205 cm³/mol. The maximum atomic E-state index is 5.25. The molecule has 0 amide bonds. The van der Waals surface area contributed by atoms with Crippen LogP contribution in [0.1, 0.15) is 0 Å². The van der Waals surface area contributed by atoms with Crippen LogP contribution in [0.4, 0.5) is 0 Å². The number of aromatic nitrogens is 5. The molecule has 0 aliphatic heterocycles. The van der Waals surface area contributed by atoms with Crippen molar-refractivity contribution in [2.75, 3.05) is 0 Å². The van der Waals surface area contributed by atoms with Gasteiger partial charge < -0.3 is 4.57 Å². The molecule has 5 heteroatoms. The molecule has 0 aliphatic rings. The highest BCUT2D eigenvalue weighted by Crippen LogP contribution is 2.37. The number of fused-ring (bicyclic) bond motifs is 6. The lowest BCUT2D eigenvalue weighted by Crippen LogP contribution is -2.06. The topological polar surface area (TPSA) is 48.5 Å². The Morgan fingerprint density at radius 2 is 0.820 bits per heavy atom. The van der Waals surface area contributed by atoms with Crippen molar-refractivity contribution in [2.45, 2.75) is 0 Å². The minimum Gasteiger partial charge on any atom is -0.309 e. The fraction of sp³-hybridized carbons (Fsp3) is 0. The molecule has 0 N–H and O–H groups in total. The van der Waals surface area contributed by atoms with E-state index in [4.69, 9.17) is 15.0 Å². The normalized spacial score (nSPS) is 11.6. The minimum atomic E-state index is 0.580. The Morgan fingerprint density at radius 3 is 1.54 bits per heavy atom. The average molecular weight is 640 g/mol. The van der Waals surface area contributed by atoms with Crippen LogP contribution in [0.2, 0.25) is 0 Å². The van der Waals surface area contributed by atoms with E-state index >= 15 is 0 Å². The molecule has 0 bridgehead atoms. The van der Waals surface area contributed by atoms with Crippen LogP contribution in [0.3, 0.4) is 0 Å². The molecule has 0 fully saturated rings. The van der Waals surface area contributed by atoms with Gasteiger partial charge in [-0.1, -0.05) is 133 Å². The van der Waals surface area contributed by atoms with E-state index in [9.17, 15) is 0 Å². The van der Waals surface area contributed by atoms with Crippen LogP contribution in [0.25, 0.3) is 89.2 Å². The van der Waals surface area contributed by atoms with Crippen LogP contribution in [-0.2, 0) is 0 Å². The van der Waals surface area contributed by atoms with Crippen molar-refractivity contribution in [1.82, 2.24) is 24.1 Å². The van der Waals surface area contributed by atoms with Crippen LogP contribution in [-0.4, -0.2) is 24.1 Å². The number of rotatable bonds is 5. The first-order valence-corrected chi connectivity index (χ1v) is 16.8. The third-order valence-corrected chi connectivity index (χ3v) is 9.58. The molecule has 0 unspecified atom stereocenters. The second kappa shape index (κ2) is 11.4. The summed E-state index contributed by atoms with van der Waals surface area (Å²) in [6.45, 7) is 0. The van der Waals surface area contributed by atoms with Crippen LogP contribution < -0.4 is 0 Å². The van der Waals surface area contributed by atoms with E-state index in [0.29, 0.717) is 17.6 Å². The fourth-order valence-electron chi connectivity index (χ4n) is 7.27. The van der Waals surface area contributed by atoms with Gasteiger partial charge in [-0.3, -0.25) is 4.57 Å². The summed E-state index contributed by atoms with van der Waals surface area (Å²) in [5.41, 5.74) is 9.67. The summed E-state index contributed by atoms with van der Waals surface area (Å²) in [6, 6.07) is 61.5. The zero-order valence-corrected chi connectivity index (χ0v) is 27.0. The lowest BCUT2D eigenvalue weighted by molar-refractivity contribution is 0.953. The molecule has 7 aromatic carbocycles. The van der Waals surface area contributed by atoms with Gasteiger partial charge in [0.2, 0.25) is 5.95 Å². The van der Waals surface area contributed by atoms with Gasteiger partial charge in [0, 0.05) is 38.4 Å². The molecular weight excluding hydrogens is 611 g/mol. The van der Waals surface area contributed by atoms with E-state index in [1.165, 1.54) is 21.9 Å². The molecule has 10 rings (SSSR count). The number of nitrogens with zero attached hydrogens (tertiary/aromatic N) is 5.